The fourth-order valence-electron chi connectivity index (χ4n) is 2.15. The van der Waals surface area contributed by atoms with Gasteiger partial charge in [-0.05, 0) is 19.3 Å². The summed E-state index contributed by atoms with van der Waals surface area (Å²) >= 11 is 0. The third-order valence-corrected chi connectivity index (χ3v) is 3.12. The summed E-state index contributed by atoms with van der Waals surface area (Å²) in [5.41, 5.74) is 0. The Hall–Kier alpha value is -1.30. The maximum Gasteiger partial charge on any atom is 0.326 e. The molecule has 0 radical (unpaired) electrons. The van der Waals surface area contributed by atoms with E-state index in [9.17, 15) is 9.59 Å². The predicted octanol–water partition coefficient (Wildman–Crippen LogP) is 0.406. The zero-order valence-electron chi connectivity index (χ0n) is 10.1. The van der Waals surface area contributed by atoms with Gasteiger partial charge in [-0.1, -0.05) is 6.92 Å². The van der Waals surface area contributed by atoms with Crippen molar-refractivity contribution in [2.24, 2.45) is 0 Å². The number of rotatable bonds is 5. The summed E-state index contributed by atoms with van der Waals surface area (Å²) in [6.07, 6.45) is 2.85. The van der Waals surface area contributed by atoms with Crippen LogP contribution in [0.25, 0.3) is 0 Å². The molecule has 1 unspecified atom stereocenters. The molecule has 3 N–H and O–H groups in total. The van der Waals surface area contributed by atoms with Gasteiger partial charge in [0.25, 0.3) is 0 Å². The SMILES string of the molecule is CCC1CCCN1C(=O)N[C@@H](CCO)C(=O)O. The molecule has 6 nitrogen and oxygen atoms in total. The highest BCUT2D eigenvalue weighted by molar-refractivity contribution is 5.82. The Morgan fingerprint density at radius 3 is 2.76 bits per heavy atom. The van der Waals surface area contributed by atoms with Crippen molar-refractivity contribution in [3.05, 3.63) is 0 Å². The van der Waals surface area contributed by atoms with Gasteiger partial charge < -0.3 is 20.4 Å². The molecular formula is C11H20N2O4. The molecule has 1 heterocycles. The number of aliphatic hydroxyl groups is 1. The molecule has 6 heteroatoms. The summed E-state index contributed by atoms with van der Waals surface area (Å²) in [5, 5.41) is 20.1. The lowest BCUT2D eigenvalue weighted by molar-refractivity contribution is -0.139. The fraction of sp³-hybridized carbons (Fsp3) is 0.818. The average Bonchev–Trinajstić information content (AvgIpc) is 2.76. The molecule has 1 aliphatic heterocycles. The molecule has 0 aliphatic carbocycles. The number of hydrogen-bond acceptors (Lipinski definition) is 3. The molecule has 0 aromatic heterocycles. The van der Waals surface area contributed by atoms with Gasteiger partial charge in [-0.3, -0.25) is 0 Å². The number of urea groups is 1. The normalized spacial score (nSPS) is 21.3. The van der Waals surface area contributed by atoms with E-state index in [-0.39, 0.29) is 25.1 Å². The van der Waals surface area contributed by atoms with E-state index in [0.717, 1.165) is 19.3 Å². The van der Waals surface area contributed by atoms with Crippen LogP contribution in [0.4, 0.5) is 4.79 Å². The van der Waals surface area contributed by atoms with Crippen molar-refractivity contribution < 1.29 is 19.8 Å². The van der Waals surface area contributed by atoms with Crippen molar-refractivity contribution in [2.45, 2.75) is 44.7 Å². The van der Waals surface area contributed by atoms with Crippen LogP contribution in [0, 0.1) is 0 Å². The molecule has 98 valence electrons. The molecule has 1 aliphatic rings. The Morgan fingerprint density at radius 2 is 2.24 bits per heavy atom. The Labute approximate surface area is 101 Å². The quantitative estimate of drug-likeness (QED) is 0.653. The zero-order chi connectivity index (χ0) is 12.8. The Bertz CT molecular complexity index is 283. The van der Waals surface area contributed by atoms with Crippen LogP contribution in [0.5, 0.6) is 0 Å². The minimum absolute atomic E-state index is 0.0334. The van der Waals surface area contributed by atoms with Crippen LogP contribution in [-0.4, -0.2) is 52.3 Å². The van der Waals surface area contributed by atoms with E-state index in [1.54, 1.807) is 4.90 Å². The number of carbonyl (C=O) groups excluding carboxylic acids is 1. The Kier molecular flexibility index (Phi) is 5.21. The van der Waals surface area contributed by atoms with Gasteiger partial charge in [0, 0.05) is 25.6 Å². The maximum atomic E-state index is 11.9. The third-order valence-electron chi connectivity index (χ3n) is 3.12. The van der Waals surface area contributed by atoms with Crippen LogP contribution in [0.3, 0.4) is 0 Å². The lowest BCUT2D eigenvalue weighted by atomic mass is 10.2. The highest BCUT2D eigenvalue weighted by Crippen LogP contribution is 2.19. The Morgan fingerprint density at radius 1 is 1.53 bits per heavy atom. The molecule has 0 aromatic rings. The highest BCUT2D eigenvalue weighted by Gasteiger charge is 2.29. The summed E-state index contributed by atoms with van der Waals surface area (Å²) in [5.74, 6) is -1.11. The largest absolute Gasteiger partial charge is 0.480 e. The molecule has 0 bridgehead atoms. The van der Waals surface area contributed by atoms with E-state index < -0.39 is 12.0 Å². The predicted molar refractivity (Wildman–Crippen MR) is 61.7 cm³/mol. The molecule has 0 aromatic carbocycles. The first-order chi connectivity index (χ1) is 8.10. The van der Waals surface area contributed by atoms with E-state index in [0.29, 0.717) is 6.54 Å². The first-order valence-electron chi connectivity index (χ1n) is 6.01. The first-order valence-corrected chi connectivity index (χ1v) is 6.01. The number of amides is 2. The second kappa shape index (κ2) is 6.44. The summed E-state index contributed by atoms with van der Waals surface area (Å²) in [6.45, 7) is 2.43. The monoisotopic (exact) mass is 244 g/mol. The Balaban J connectivity index is 2.54. The number of nitrogens with zero attached hydrogens (tertiary/aromatic N) is 1. The molecule has 1 rings (SSSR count). The number of nitrogens with one attached hydrogen (secondary N) is 1. The van der Waals surface area contributed by atoms with Crippen molar-refractivity contribution in [2.75, 3.05) is 13.2 Å². The number of aliphatic hydroxyl groups excluding tert-OH is 1. The number of likely N-dealkylation sites (tertiary alicyclic amines) is 1. The van der Waals surface area contributed by atoms with Gasteiger partial charge >= 0.3 is 12.0 Å². The molecule has 1 saturated heterocycles. The van der Waals surface area contributed by atoms with Gasteiger partial charge in [0.15, 0.2) is 0 Å². The lowest BCUT2D eigenvalue weighted by Crippen LogP contribution is -2.49. The van der Waals surface area contributed by atoms with Crippen LogP contribution in [0.1, 0.15) is 32.6 Å². The van der Waals surface area contributed by atoms with Gasteiger partial charge in [0.2, 0.25) is 0 Å². The number of carboxylic acid groups (broad SMARTS) is 1. The lowest BCUT2D eigenvalue weighted by Gasteiger charge is -2.25. The third kappa shape index (κ3) is 3.59. The van der Waals surface area contributed by atoms with E-state index in [1.807, 2.05) is 6.92 Å². The molecule has 2 amide bonds. The second-order valence-electron chi connectivity index (χ2n) is 4.25. The van der Waals surface area contributed by atoms with E-state index in [4.69, 9.17) is 10.2 Å². The molecule has 0 saturated carbocycles. The summed E-state index contributed by atoms with van der Waals surface area (Å²) < 4.78 is 0. The van der Waals surface area contributed by atoms with Crippen LogP contribution >= 0.6 is 0 Å². The highest BCUT2D eigenvalue weighted by atomic mass is 16.4. The molecule has 1 fully saturated rings. The number of carboxylic acids is 1. The van der Waals surface area contributed by atoms with E-state index in [2.05, 4.69) is 5.32 Å². The van der Waals surface area contributed by atoms with Gasteiger partial charge in [0.05, 0.1) is 0 Å². The summed E-state index contributed by atoms with van der Waals surface area (Å²) in [4.78, 5) is 24.4. The summed E-state index contributed by atoms with van der Waals surface area (Å²) in [7, 11) is 0. The zero-order valence-corrected chi connectivity index (χ0v) is 10.1. The topological polar surface area (TPSA) is 89.9 Å². The average molecular weight is 244 g/mol. The maximum absolute atomic E-state index is 11.9. The standard InChI is InChI=1S/C11H20N2O4/c1-2-8-4-3-6-13(8)11(17)12-9(5-7-14)10(15)16/h8-9,14H,2-7H2,1H3,(H,12,17)(H,15,16)/t8?,9-/m0/s1. The van der Waals surface area contributed by atoms with Gasteiger partial charge in [0.1, 0.15) is 6.04 Å². The minimum Gasteiger partial charge on any atom is -0.480 e. The summed E-state index contributed by atoms with van der Waals surface area (Å²) in [6, 6.07) is -1.14. The van der Waals surface area contributed by atoms with Crippen molar-refractivity contribution in [3.8, 4) is 0 Å². The van der Waals surface area contributed by atoms with Crippen LogP contribution in [0.15, 0.2) is 0 Å². The van der Waals surface area contributed by atoms with Gasteiger partial charge in [-0.15, -0.1) is 0 Å². The van der Waals surface area contributed by atoms with Crippen molar-refractivity contribution in [3.63, 3.8) is 0 Å². The second-order valence-corrected chi connectivity index (χ2v) is 4.25. The fourth-order valence-corrected chi connectivity index (χ4v) is 2.15. The van der Waals surface area contributed by atoms with Crippen LogP contribution < -0.4 is 5.32 Å². The van der Waals surface area contributed by atoms with Crippen molar-refractivity contribution >= 4 is 12.0 Å². The van der Waals surface area contributed by atoms with Gasteiger partial charge in [-0.25, -0.2) is 9.59 Å². The first kappa shape index (κ1) is 13.8. The van der Waals surface area contributed by atoms with E-state index >= 15 is 0 Å². The molecule has 17 heavy (non-hydrogen) atoms. The smallest absolute Gasteiger partial charge is 0.326 e. The van der Waals surface area contributed by atoms with Crippen LogP contribution in [-0.2, 0) is 4.79 Å². The molecular weight excluding hydrogens is 224 g/mol. The van der Waals surface area contributed by atoms with E-state index in [1.165, 1.54) is 0 Å². The number of aliphatic carboxylic acids is 1. The molecule has 0 spiro atoms. The van der Waals surface area contributed by atoms with Crippen molar-refractivity contribution in [1.82, 2.24) is 10.2 Å². The van der Waals surface area contributed by atoms with Gasteiger partial charge in [-0.2, -0.15) is 0 Å². The number of hydrogen-bond donors (Lipinski definition) is 3. The minimum atomic E-state index is -1.11. The molecule has 2 atom stereocenters. The van der Waals surface area contributed by atoms with Crippen molar-refractivity contribution in [1.29, 1.82) is 0 Å². The number of carbonyl (C=O) groups is 2. The van der Waals surface area contributed by atoms with Crippen LogP contribution in [0.2, 0.25) is 0 Å².